The molecule has 1 saturated heterocycles. The summed E-state index contributed by atoms with van der Waals surface area (Å²) >= 11 is 0. The van der Waals surface area contributed by atoms with E-state index in [1.807, 2.05) is 0 Å². The van der Waals surface area contributed by atoms with E-state index in [9.17, 15) is 22.8 Å². The largest absolute Gasteiger partial charge is 0.469 e. The molecule has 0 radical (unpaired) electrons. The molecule has 1 atom stereocenters. The summed E-state index contributed by atoms with van der Waals surface area (Å²) in [6.45, 7) is 3.11. The average molecular weight is 359 g/mol. The predicted molar refractivity (Wildman–Crippen MR) is 85.0 cm³/mol. The Labute approximate surface area is 144 Å². The summed E-state index contributed by atoms with van der Waals surface area (Å²) in [6, 6.07) is 4.00. The highest BCUT2D eigenvalue weighted by Gasteiger charge is 2.33. The van der Waals surface area contributed by atoms with Gasteiger partial charge in [0.05, 0.1) is 31.7 Å². The highest BCUT2D eigenvalue weighted by atomic mass is 19.4. The maximum atomic E-state index is 12.5. The minimum atomic E-state index is -4.40. The molecule has 0 saturated carbocycles. The van der Waals surface area contributed by atoms with Gasteiger partial charge in [-0.25, -0.2) is 0 Å². The molecule has 1 aromatic carbocycles. The second-order valence-electron chi connectivity index (χ2n) is 6.24. The number of piperidine rings is 1. The van der Waals surface area contributed by atoms with Crippen LogP contribution in [0.4, 0.5) is 18.9 Å². The number of likely N-dealkylation sites (tertiary alicyclic amines) is 1. The van der Waals surface area contributed by atoms with Crippen LogP contribution in [0.1, 0.15) is 25.3 Å². The topological polar surface area (TPSA) is 59.8 Å². The molecular formula is C17H22F3N2O3+. The van der Waals surface area contributed by atoms with Gasteiger partial charge in [-0.05, 0) is 31.2 Å². The molecule has 1 aliphatic rings. The Morgan fingerprint density at radius 3 is 2.24 bits per heavy atom. The quantitative estimate of drug-likeness (QED) is 0.801. The highest BCUT2D eigenvalue weighted by molar-refractivity contribution is 5.93. The summed E-state index contributed by atoms with van der Waals surface area (Å²) in [5, 5.41) is 2.64. The Morgan fingerprint density at radius 2 is 1.76 bits per heavy atom. The zero-order chi connectivity index (χ0) is 18.6. The average Bonchev–Trinajstić information content (AvgIpc) is 2.60. The number of hydrogen-bond donors (Lipinski definition) is 2. The number of quaternary nitrogens is 1. The molecule has 0 spiro atoms. The van der Waals surface area contributed by atoms with Crippen molar-refractivity contribution in [1.82, 2.24) is 0 Å². The van der Waals surface area contributed by atoms with Crippen LogP contribution in [0.25, 0.3) is 0 Å². The maximum absolute atomic E-state index is 12.5. The molecule has 2 rings (SSSR count). The van der Waals surface area contributed by atoms with Crippen molar-refractivity contribution in [3.63, 3.8) is 0 Å². The van der Waals surface area contributed by atoms with Gasteiger partial charge in [-0.1, -0.05) is 0 Å². The maximum Gasteiger partial charge on any atom is 0.416 e. The molecule has 138 valence electrons. The van der Waals surface area contributed by atoms with Crippen molar-refractivity contribution >= 4 is 17.6 Å². The molecule has 0 bridgehead atoms. The van der Waals surface area contributed by atoms with E-state index in [0.717, 1.165) is 17.0 Å². The standard InChI is InChI=1S/C17H21F3N2O3/c1-11(22-9-7-12(8-10-22)16(24)25-2)15(23)21-14-5-3-13(4-6-14)17(18,19)20/h3-6,11-12H,7-10H2,1-2H3,(H,21,23)/p+1/t11-/m0/s1. The van der Waals surface area contributed by atoms with Crippen LogP contribution in [0.3, 0.4) is 0 Å². The Bertz CT molecular complexity index is 609. The van der Waals surface area contributed by atoms with E-state index in [1.165, 1.54) is 19.2 Å². The van der Waals surface area contributed by atoms with Crippen molar-refractivity contribution in [2.75, 3.05) is 25.5 Å². The summed E-state index contributed by atoms with van der Waals surface area (Å²) in [7, 11) is 1.36. The van der Waals surface area contributed by atoms with Crippen molar-refractivity contribution in [1.29, 1.82) is 0 Å². The van der Waals surface area contributed by atoms with Crippen molar-refractivity contribution in [3.05, 3.63) is 29.8 Å². The first-order valence-corrected chi connectivity index (χ1v) is 8.13. The zero-order valence-corrected chi connectivity index (χ0v) is 14.2. The van der Waals surface area contributed by atoms with Gasteiger partial charge in [-0.2, -0.15) is 13.2 Å². The van der Waals surface area contributed by atoms with Crippen LogP contribution in [0, 0.1) is 5.92 Å². The monoisotopic (exact) mass is 359 g/mol. The predicted octanol–water partition coefficient (Wildman–Crippen LogP) is 1.50. The summed E-state index contributed by atoms with van der Waals surface area (Å²) in [6.07, 6.45) is -3.09. The van der Waals surface area contributed by atoms with Crippen LogP contribution in [-0.2, 0) is 20.5 Å². The molecule has 2 N–H and O–H groups in total. The van der Waals surface area contributed by atoms with Gasteiger partial charge in [-0.15, -0.1) is 0 Å². The first-order chi connectivity index (χ1) is 11.7. The smallest absolute Gasteiger partial charge is 0.416 e. The second-order valence-corrected chi connectivity index (χ2v) is 6.24. The Kier molecular flexibility index (Phi) is 6.05. The summed E-state index contributed by atoms with van der Waals surface area (Å²) < 4.78 is 42.4. The van der Waals surface area contributed by atoms with Crippen LogP contribution in [0.15, 0.2) is 24.3 Å². The molecule has 25 heavy (non-hydrogen) atoms. The number of ether oxygens (including phenoxy) is 1. The molecule has 1 fully saturated rings. The van der Waals surface area contributed by atoms with E-state index in [2.05, 4.69) is 5.32 Å². The van der Waals surface area contributed by atoms with Gasteiger partial charge in [-0.3, -0.25) is 9.59 Å². The van der Waals surface area contributed by atoms with Crippen molar-refractivity contribution in [3.8, 4) is 0 Å². The van der Waals surface area contributed by atoms with Crippen LogP contribution in [0.5, 0.6) is 0 Å². The highest BCUT2D eigenvalue weighted by Crippen LogP contribution is 2.29. The third-order valence-corrected chi connectivity index (χ3v) is 4.65. The normalized spacial score (nSPS) is 22.1. The molecule has 5 nitrogen and oxygen atoms in total. The number of methoxy groups -OCH3 is 1. The number of carbonyl (C=O) groups excluding carboxylic acids is 2. The van der Waals surface area contributed by atoms with E-state index in [-0.39, 0.29) is 23.8 Å². The molecule has 1 amide bonds. The summed E-state index contributed by atoms with van der Waals surface area (Å²) in [4.78, 5) is 24.9. The van der Waals surface area contributed by atoms with Gasteiger partial charge in [0.2, 0.25) is 0 Å². The van der Waals surface area contributed by atoms with Crippen LogP contribution >= 0.6 is 0 Å². The molecule has 8 heteroatoms. The zero-order valence-electron chi connectivity index (χ0n) is 14.2. The van der Waals surface area contributed by atoms with Crippen LogP contribution < -0.4 is 10.2 Å². The van der Waals surface area contributed by atoms with Crippen LogP contribution in [0.2, 0.25) is 0 Å². The van der Waals surface area contributed by atoms with Gasteiger partial charge in [0, 0.05) is 18.5 Å². The third kappa shape index (κ3) is 4.94. The lowest BCUT2D eigenvalue weighted by molar-refractivity contribution is -0.919. The van der Waals surface area contributed by atoms with Gasteiger partial charge in [0.15, 0.2) is 6.04 Å². The van der Waals surface area contributed by atoms with Gasteiger partial charge >= 0.3 is 12.1 Å². The summed E-state index contributed by atoms with van der Waals surface area (Å²) in [5.41, 5.74) is -0.428. The van der Waals surface area contributed by atoms with Gasteiger partial charge < -0.3 is 15.0 Å². The lowest BCUT2D eigenvalue weighted by Crippen LogP contribution is -3.17. The number of anilines is 1. The molecular weight excluding hydrogens is 337 g/mol. The molecule has 1 aliphatic heterocycles. The minimum Gasteiger partial charge on any atom is -0.469 e. The number of esters is 1. The first kappa shape index (κ1) is 19.2. The Morgan fingerprint density at radius 1 is 1.20 bits per heavy atom. The van der Waals surface area contributed by atoms with Crippen molar-refractivity contribution < 1.29 is 32.4 Å². The number of hydrogen-bond acceptors (Lipinski definition) is 3. The van der Waals surface area contributed by atoms with Crippen molar-refractivity contribution in [2.24, 2.45) is 5.92 Å². The lowest BCUT2D eigenvalue weighted by atomic mass is 9.96. The first-order valence-electron chi connectivity index (χ1n) is 8.13. The minimum absolute atomic E-state index is 0.126. The molecule has 0 aliphatic carbocycles. The fourth-order valence-corrected chi connectivity index (χ4v) is 3.00. The van der Waals surface area contributed by atoms with Crippen molar-refractivity contribution in [2.45, 2.75) is 32.0 Å². The number of nitrogens with one attached hydrogen (secondary N) is 2. The molecule has 1 aromatic rings. The number of halogens is 3. The SMILES string of the molecule is COC(=O)C1CC[NH+]([C@@H](C)C(=O)Nc2ccc(C(F)(F)F)cc2)CC1. The number of benzene rings is 1. The molecule has 1 heterocycles. The van der Waals surface area contributed by atoms with E-state index in [4.69, 9.17) is 4.74 Å². The molecule has 0 aromatic heterocycles. The fraction of sp³-hybridized carbons (Fsp3) is 0.529. The Balaban J connectivity index is 1.89. The fourth-order valence-electron chi connectivity index (χ4n) is 3.00. The number of amides is 1. The Hall–Kier alpha value is -2.09. The van der Waals surface area contributed by atoms with Crippen LogP contribution in [-0.4, -0.2) is 38.1 Å². The number of alkyl halides is 3. The van der Waals surface area contributed by atoms with Gasteiger partial charge in [0.1, 0.15) is 0 Å². The van der Waals surface area contributed by atoms with E-state index >= 15 is 0 Å². The lowest BCUT2D eigenvalue weighted by Gasteiger charge is -2.31. The third-order valence-electron chi connectivity index (χ3n) is 4.65. The molecule has 0 unspecified atom stereocenters. The van der Waals surface area contributed by atoms with E-state index in [1.54, 1.807) is 6.92 Å². The van der Waals surface area contributed by atoms with E-state index in [0.29, 0.717) is 31.6 Å². The number of rotatable bonds is 4. The summed E-state index contributed by atoms with van der Waals surface area (Å²) in [5.74, 6) is -0.605. The second kappa shape index (κ2) is 7.86. The van der Waals surface area contributed by atoms with Gasteiger partial charge in [0.25, 0.3) is 5.91 Å². The van der Waals surface area contributed by atoms with E-state index < -0.39 is 11.7 Å². The number of carbonyl (C=O) groups is 2.